The van der Waals surface area contributed by atoms with E-state index in [1.165, 1.54) is 18.2 Å². The number of nitrogens with zero attached hydrogens (tertiary/aromatic N) is 1. The molecule has 0 aliphatic carbocycles. The summed E-state index contributed by atoms with van der Waals surface area (Å²) in [6.45, 7) is 0.129. The summed E-state index contributed by atoms with van der Waals surface area (Å²) in [5, 5.41) is 22.2. The standard InChI is InChI=1S/C26H32N2O10/c1-17(30)38-21(13-29)16-37-26(34)23-5-3-4-22(28-23)25(33)36-15-20(31)14-35-24(32)11-10-18-6-8-19(9-7-18)12-27-2/h3-9,20-21,27,29,31H,10-16H2,1-2H3. The van der Waals surface area contributed by atoms with E-state index in [0.717, 1.165) is 24.6 Å². The van der Waals surface area contributed by atoms with Gasteiger partial charge in [-0.15, -0.1) is 0 Å². The van der Waals surface area contributed by atoms with Crippen LogP contribution in [-0.4, -0.2) is 84.8 Å². The highest BCUT2D eigenvalue weighted by atomic mass is 16.6. The van der Waals surface area contributed by atoms with E-state index in [-0.39, 0.29) is 24.4 Å². The van der Waals surface area contributed by atoms with E-state index in [1.807, 2.05) is 31.3 Å². The zero-order chi connectivity index (χ0) is 27.9. The summed E-state index contributed by atoms with van der Waals surface area (Å²) in [7, 11) is 1.86. The van der Waals surface area contributed by atoms with Crippen molar-refractivity contribution < 1.29 is 48.3 Å². The second-order valence-electron chi connectivity index (χ2n) is 8.20. The molecule has 1 aromatic heterocycles. The number of carbonyl (C=O) groups is 4. The number of ether oxygens (including phenoxy) is 4. The van der Waals surface area contributed by atoms with Crippen molar-refractivity contribution in [1.82, 2.24) is 10.3 Å². The van der Waals surface area contributed by atoms with Crippen molar-refractivity contribution in [1.29, 1.82) is 0 Å². The summed E-state index contributed by atoms with van der Waals surface area (Å²) < 4.78 is 19.7. The number of esters is 4. The van der Waals surface area contributed by atoms with Crippen LogP contribution in [0.4, 0.5) is 0 Å². The van der Waals surface area contributed by atoms with Gasteiger partial charge in [-0.1, -0.05) is 30.3 Å². The Kier molecular flexibility index (Phi) is 12.8. The zero-order valence-corrected chi connectivity index (χ0v) is 21.3. The van der Waals surface area contributed by atoms with E-state index in [2.05, 4.69) is 10.3 Å². The average Bonchev–Trinajstić information content (AvgIpc) is 2.92. The maximum absolute atomic E-state index is 12.3. The van der Waals surface area contributed by atoms with Crippen molar-refractivity contribution >= 4 is 23.9 Å². The number of carbonyl (C=O) groups excluding carboxylic acids is 4. The molecule has 2 unspecified atom stereocenters. The topological polar surface area (TPSA) is 171 Å². The van der Waals surface area contributed by atoms with Crippen LogP contribution in [0.2, 0.25) is 0 Å². The molecule has 12 nitrogen and oxygen atoms in total. The van der Waals surface area contributed by atoms with Crippen LogP contribution in [-0.2, 0) is 41.5 Å². The highest BCUT2D eigenvalue weighted by Gasteiger charge is 2.19. The molecule has 0 saturated carbocycles. The lowest BCUT2D eigenvalue weighted by atomic mass is 10.1. The van der Waals surface area contributed by atoms with Crippen molar-refractivity contribution in [3.63, 3.8) is 0 Å². The van der Waals surface area contributed by atoms with Crippen LogP contribution in [0, 0.1) is 0 Å². The third kappa shape index (κ3) is 11.0. The van der Waals surface area contributed by atoms with Gasteiger partial charge in [0, 0.05) is 19.9 Å². The Bertz CT molecular complexity index is 1070. The SMILES string of the molecule is CNCc1ccc(CCC(=O)OCC(O)COC(=O)c2cccc(C(=O)OCC(CO)OC(C)=O)n2)cc1. The molecule has 0 fully saturated rings. The molecule has 206 valence electrons. The molecule has 12 heteroatoms. The van der Waals surface area contributed by atoms with E-state index in [4.69, 9.17) is 24.1 Å². The predicted octanol–water partition coefficient (Wildman–Crippen LogP) is 0.576. The Morgan fingerprint density at radius 3 is 2.05 bits per heavy atom. The molecule has 0 aliphatic rings. The van der Waals surface area contributed by atoms with E-state index in [0.29, 0.717) is 6.42 Å². The second-order valence-corrected chi connectivity index (χ2v) is 8.20. The van der Waals surface area contributed by atoms with Crippen LogP contribution < -0.4 is 5.32 Å². The summed E-state index contributed by atoms with van der Waals surface area (Å²) in [5.74, 6) is -2.98. The number of rotatable bonds is 15. The highest BCUT2D eigenvalue weighted by Crippen LogP contribution is 2.08. The quantitative estimate of drug-likeness (QED) is 0.216. The summed E-state index contributed by atoms with van der Waals surface area (Å²) >= 11 is 0. The maximum Gasteiger partial charge on any atom is 0.357 e. The number of aliphatic hydroxyl groups excluding tert-OH is 2. The molecule has 2 aromatic rings. The number of hydrogen-bond donors (Lipinski definition) is 3. The van der Waals surface area contributed by atoms with Crippen LogP contribution in [0.15, 0.2) is 42.5 Å². The number of aromatic nitrogens is 1. The Balaban J connectivity index is 1.73. The molecule has 0 saturated heterocycles. The number of benzene rings is 1. The number of aryl methyl sites for hydroxylation is 1. The van der Waals surface area contributed by atoms with Crippen LogP contribution >= 0.6 is 0 Å². The Labute approximate surface area is 219 Å². The van der Waals surface area contributed by atoms with Crippen LogP contribution in [0.25, 0.3) is 0 Å². The number of hydrogen-bond acceptors (Lipinski definition) is 12. The zero-order valence-electron chi connectivity index (χ0n) is 21.3. The van der Waals surface area contributed by atoms with Gasteiger partial charge in [0.2, 0.25) is 0 Å². The van der Waals surface area contributed by atoms with Crippen molar-refractivity contribution in [3.05, 3.63) is 65.0 Å². The minimum absolute atomic E-state index is 0.130. The lowest BCUT2D eigenvalue weighted by Crippen LogP contribution is -2.28. The average molecular weight is 533 g/mol. The van der Waals surface area contributed by atoms with Crippen LogP contribution in [0.1, 0.15) is 45.4 Å². The number of nitrogens with one attached hydrogen (secondary N) is 1. The van der Waals surface area contributed by atoms with Crippen molar-refractivity contribution in [3.8, 4) is 0 Å². The van der Waals surface area contributed by atoms with Gasteiger partial charge in [-0.3, -0.25) is 9.59 Å². The molecule has 3 N–H and O–H groups in total. The van der Waals surface area contributed by atoms with Crippen LogP contribution in [0.3, 0.4) is 0 Å². The third-order valence-corrected chi connectivity index (χ3v) is 4.97. The molecule has 0 spiro atoms. The van der Waals surface area contributed by atoms with Gasteiger partial charge in [0.15, 0.2) is 6.10 Å². The maximum atomic E-state index is 12.3. The smallest absolute Gasteiger partial charge is 0.357 e. The second kappa shape index (κ2) is 16.1. The monoisotopic (exact) mass is 532 g/mol. The molecule has 1 heterocycles. The summed E-state index contributed by atoms with van der Waals surface area (Å²) in [6.07, 6.45) is -1.67. The highest BCUT2D eigenvalue weighted by molar-refractivity contribution is 5.91. The molecular formula is C26H32N2O10. The minimum atomic E-state index is -1.26. The first-order valence-corrected chi connectivity index (χ1v) is 11.9. The van der Waals surface area contributed by atoms with Crippen LogP contribution in [0.5, 0.6) is 0 Å². The first kappa shape index (κ1) is 30.4. The molecule has 2 atom stereocenters. The van der Waals surface area contributed by atoms with Crippen molar-refractivity contribution in [2.75, 3.05) is 33.5 Å². The number of pyridine rings is 1. The first-order valence-electron chi connectivity index (χ1n) is 11.9. The van der Waals surface area contributed by atoms with Gasteiger partial charge in [0.1, 0.15) is 37.3 Å². The lowest BCUT2D eigenvalue weighted by molar-refractivity contribution is -0.151. The Morgan fingerprint density at radius 2 is 1.47 bits per heavy atom. The van der Waals surface area contributed by atoms with Gasteiger partial charge in [-0.2, -0.15) is 0 Å². The molecule has 0 bridgehead atoms. The van der Waals surface area contributed by atoms with Gasteiger partial charge in [0.05, 0.1) is 6.61 Å². The van der Waals surface area contributed by atoms with E-state index in [9.17, 15) is 24.3 Å². The fraction of sp³-hybridized carbons (Fsp3) is 0.423. The molecule has 2 rings (SSSR count). The van der Waals surface area contributed by atoms with E-state index >= 15 is 0 Å². The predicted molar refractivity (Wildman–Crippen MR) is 132 cm³/mol. The molecule has 38 heavy (non-hydrogen) atoms. The van der Waals surface area contributed by atoms with Gasteiger partial charge in [-0.05, 0) is 36.7 Å². The van der Waals surface area contributed by atoms with Gasteiger partial charge < -0.3 is 34.5 Å². The van der Waals surface area contributed by atoms with Gasteiger partial charge in [0.25, 0.3) is 0 Å². The first-order chi connectivity index (χ1) is 18.2. The summed E-state index contributed by atoms with van der Waals surface area (Å²) in [6, 6.07) is 11.8. The Hall–Kier alpha value is -3.87. The number of aliphatic hydroxyl groups is 2. The summed E-state index contributed by atoms with van der Waals surface area (Å²) in [4.78, 5) is 51.2. The largest absolute Gasteiger partial charge is 0.463 e. The third-order valence-electron chi connectivity index (χ3n) is 4.97. The molecular weight excluding hydrogens is 500 g/mol. The Morgan fingerprint density at radius 1 is 0.895 bits per heavy atom. The van der Waals surface area contributed by atoms with E-state index < -0.39 is 55.9 Å². The molecule has 0 aliphatic heterocycles. The van der Waals surface area contributed by atoms with Gasteiger partial charge >= 0.3 is 23.9 Å². The lowest BCUT2D eigenvalue weighted by Gasteiger charge is -2.14. The van der Waals surface area contributed by atoms with Gasteiger partial charge in [-0.25, -0.2) is 14.6 Å². The van der Waals surface area contributed by atoms with Crippen molar-refractivity contribution in [2.24, 2.45) is 0 Å². The molecule has 0 radical (unpaired) electrons. The van der Waals surface area contributed by atoms with Crippen molar-refractivity contribution in [2.45, 2.75) is 38.5 Å². The fourth-order valence-corrected chi connectivity index (χ4v) is 3.09. The summed E-state index contributed by atoms with van der Waals surface area (Å²) in [5.41, 5.74) is 1.67. The normalized spacial score (nSPS) is 12.2. The van der Waals surface area contributed by atoms with E-state index in [1.54, 1.807) is 0 Å². The minimum Gasteiger partial charge on any atom is -0.463 e. The molecule has 0 amide bonds. The fourth-order valence-electron chi connectivity index (χ4n) is 3.09. The molecule has 1 aromatic carbocycles.